The molecular weight excluding hydrogens is 363 g/mol. The smallest absolute Gasteiger partial charge is 0.424 e. The number of nitrogens with zero attached hydrogens (tertiary/aromatic N) is 5. The van der Waals surface area contributed by atoms with Gasteiger partial charge < -0.3 is 15.9 Å². The molecule has 4 N–H and O–H groups in total. The Hall–Kier alpha value is -3.37. The Kier molecular flexibility index (Phi) is 3.52. The normalized spacial score (nSPS) is 12.5. The molecule has 3 heterocycles. The number of halogens is 3. The molecular formula is C16H14F3N7O. The molecule has 0 aliphatic rings. The van der Waals surface area contributed by atoms with Crippen LogP contribution in [0.5, 0.6) is 0 Å². The highest BCUT2D eigenvalue weighted by atomic mass is 19.4. The molecule has 0 unspecified atom stereocenters. The molecule has 0 radical (unpaired) electrons. The van der Waals surface area contributed by atoms with E-state index in [-0.39, 0.29) is 28.8 Å². The molecule has 0 atom stereocenters. The van der Waals surface area contributed by atoms with Crippen LogP contribution in [-0.2, 0) is 6.18 Å². The number of benzene rings is 1. The third-order valence-electron chi connectivity index (χ3n) is 4.00. The van der Waals surface area contributed by atoms with Gasteiger partial charge in [-0.15, -0.1) is 0 Å². The molecule has 3 aromatic heterocycles. The zero-order valence-corrected chi connectivity index (χ0v) is 14.2. The van der Waals surface area contributed by atoms with Crippen LogP contribution in [0.1, 0.15) is 25.6 Å². The summed E-state index contributed by atoms with van der Waals surface area (Å²) < 4.78 is 47.5. The van der Waals surface area contributed by atoms with E-state index in [9.17, 15) is 13.2 Å². The number of hydrogen-bond donors (Lipinski definition) is 2. The Morgan fingerprint density at radius 3 is 2.52 bits per heavy atom. The highest BCUT2D eigenvalue weighted by molar-refractivity contribution is 5.96. The van der Waals surface area contributed by atoms with E-state index in [2.05, 4.69) is 20.1 Å². The standard InChI is InChI=1S/C16H14F3N7O/c1-6(2)26-13-10(12(16(17,18)19)23-14(20)24-13)11(25-26)7-3-4-9-8(5-7)22-15(21)27-9/h3-6H,1-2H3,(H2,21,22)(H2,20,23,24). The minimum absolute atomic E-state index is 0.0135. The summed E-state index contributed by atoms with van der Waals surface area (Å²) in [5.41, 5.74) is 11.2. The summed E-state index contributed by atoms with van der Waals surface area (Å²) in [7, 11) is 0. The molecule has 0 saturated carbocycles. The van der Waals surface area contributed by atoms with Crippen molar-refractivity contribution in [1.82, 2.24) is 24.7 Å². The molecule has 1 aromatic carbocycles. The lowest BCUT2D eigenvalue weighted by molar-refractivity contribution is -0.139. The lowest BCUT2D eigenvalue weighted by Crippen LogP contribution is -2.12. The predicted octanol–water partition coefficient (Wildman–Crippen LogP) is 3.40. The maximum atomic E-state index is 13.6. The van der Waals surface area contributed by atoms with Gasteiger partial charge in [-0.25, -0.2) is 9.67 Å². The summed E-state index contributed by atoms with van der Waals surface area (Å²) in [6.45, 7) is 3.56. The quantitative estimate of drug-likeness (QED) is 0.549. The number of rotatable bonds is 2. The van der Waals surface area contributed by atoms with E-state index < -0.39 is 17.8 Å². The number of hydrogen-bond acceptors (Lipinski definition) is 7. The van der Waals surface area contributed by atoms with E-state index in [1.807, 2.05) is 0 Å². The summed E-state index contributed by atoms with van der Waals surface area (Å²) >= 11 is 0. The molecule has 8 nitrogen and oxygen atoms in total. The number of oxazole rings is 1. The summed E-state index contributed by atoms with van der Waals surface area (Å²) in [4.78, 5) is 11.4. The van der Waals surface area contributed by atoms with Crippen LogP contribution in [0.2, 0.25) is 0 Å². The van der Waals surface area contributed by atoms with Gasteiger partial charge >= 0.3 is 6.18 Å². The van der Waals surface area contributed by atoms with Crippen LogP contribution in [0, 0.1) is 0 Å². The lowest BCUT2D eigenvalue weighted by atomic mass is 10.1. The van der Waals surface area contributed by atoms with Gasteiger partial charge in [-0.1, -0.05) is 0 Å². The fraction of sp³-hybridized carbons (Fsp3) is 0.250. The topological polar surface area (TPSA) is 122 Å². The van der Waals surface area contributed by atoms with Gasteiger partial charge in [-0.2, -0.15) is 28.2 Å². The monoisotopic (exact) mass is 377 g/mol. The minimum atomic E-state index is -4.72. The Labute approximate surface area is 150 Å². The third-order valence-corrected chi connectivity index (χ3v) is 4.00. The fourth-order valence-electron chi connectivity index (χ4n) is 2.91. The average Bonchev–Trinajstić information content (AvgIpc) is 3.11. The first-order valence-electron chi connectivity index (χ1n) is 7.94. The van der Waals surface area contributed by atoms with Crippen LogP contribution >= 0.6 is 0 Å². The van der Waals surface area contributed by atoms with Crippen molar-refractivity contribution in [2.24, 2.45) is 0 Å². The maximum Gasteiger partial charge on any atom is 0.434 e. The van der Waals surface area contributed by atoms with Crippen molar-refractivity contribution < 1.29 is 17.6 Å². The van der Waals surface area contributed by atoms with Gasteiger partial charge in [0, 0.05) is 11.6 Å². The van der Waals surface area contributed by atoms with Crippen LogP contribution in [0.25, 0.3) is 33.4 Å². The highest BCUT2D eigenvalue weighted by Crippen LogP contribution is 2.39. The Balaban J connectivity index is 2.09. The molecule has 0 aliphatic heterocycles. The Bertz CT molecular complexity index is 1180. The molecule has 0 aliphatic carbocycles. The number of anilines is 2. The molecule has 0 bridgehead atoms. The van der Waals surface area contributed by atoms with Crippen molar-refractivity contribution >= 4 is 34.1 Å². The van der Waals surface area contributed by atoms with Crippen LogP contribution in [0.3, 0.4) is 0 Å². The van der Waals surface area contributed by atoms with Gasteiger partial charge in [0.15, 0.2) is 16.9 Å². The average molecular weight is 377 g/mol. The number of alkyl halides is 3. The molecule has 140 valence electrons. The third kappa shape index (κ3) is 2.71. The summed E-state index contributed by atoms with van der Waals surface area (Å²) in [5.74, 6) is -0.470. The number of fused-ring (bicyclic) bond motifs is 2. The highest BCUT2D eigenvalue weighted by Gasteiger charge is 2.38. The summed E-state index contributed by atoms with van der Waals surface area (Å²) in [6.07, 6.45) is -4.72. The zero-order valence-electron chi connectivity index (χ0n) is 14.2. The van der Waals surface area contributed by atoms with Crippen LogP contribution in [-0.4, -0.2) is 24.7 Å². The SMILES string of the molecule is CC(C)n1nc(-c2ccc3oc(N)nc3c2)c2c(C(F)(F)F)nc(N)nc21. The van der Waals surface area contributed by atoms with Crippen LogP contribution in [0.15, 0.2) is 22.6 Å². The van der Waals surface area contributed by atoms with Gasteiger partial charge in [-0.3, -0.25) is 0 Å². The molecule has 11 heteroatoms. The predicted molar refractivity (Wildman–Crippen MR) is 92.5 cm³/mol. The Morgan fingerprint density at radius 2 is 1.85 bits per heavy atom. The van der Waals surface area contributed by atoms with Gasteiger partial charge in [0.2, 0.25) is 5.95 Å². The molecule has 0 amide bonds. The largest absolute Gasteiger partial charge is 0.434 e. The second-order valence-electron chi connectivity index (χ2n) is 6.25. The van der Waals surface area contributed by atoms with Gasteiger partial charge in [0.25, 0.3) is 6.01 Å². The molecule has 0 spiro atoms. The second kappa shape index (κ2) is 5.56. The van der Waals surface area contributed by atoms with Gasteiger partial charge in [0.05, 0.1) is 5.39 Å². The van der Waals surface area contributed by atoms with Gasteiger partial charge in [0.1, 0.15) is 11.2 Å². The molecule has 4 rings (SSSR count). The number of nitrogens with two attached hydrogens (primary N) is 2. The fourth-order valence-corrected chi connectivity index (χ4v) is 2.91. The van der Waals surface area contributed by atoms with E-state index in [0.717, 1.165) is 0 Å². The maximum absolute atomic E-state index is 13.6. The van der Waals surface area contributed by atoms with E-state index in [1.165, 1.54) is 4.68 Å². The summed E-state index contributed by atoms with van der Waals surface area (Å²) in [6, 6.07) is 4.42. The van der Waals surface area contributed by atoms with E-state index in [0.29, 0.717) is 16.7 Å². The molecule has 27 heavy (non-hydrogen) atoms. The number of nitrogen functional groups attached to an aromatic ring is 2. The van der Waals surface area contributed by atoms with Crippen molar-refractivity contribution in [3.63, 3.8) is 0 Å². The zero-order chi connectivity index (χ0) is 19.5. The van der Waals surface area contributed by atoms with Crippen LogP contribution in [0.4, 0.5) is 25.1 Å². The van der Waals surface area contributed by atoms with Crippen LogP contribution < -0.4 is 11.5 Å². The van der Waals surface area contributed by atoms with Crippen molar-refractivity contribution in [3.8, 4) is 11.3 Å². The first-order chi connectivity index (χ1) is 12.6. The van der Waals surface area contributed by atoms with E-state index in [4.69, 9.17) is 15.9 Å². The van der Waals surface area contributed by atoms with Crippen molar-refractivity contribution in [2.45, 2.75) is 26.1 Å². The lowest BCUT2D eigenvalue weighted by Gasteiger charge is -2.10. The first kappa shape index (κ1) is 17.1. The van der Waals surface area contributed by atoms with Gasteiger partial charge in [-0.05, 0) is 32.0 Å². The molecule has 0 fully saturated rings. The molecule has 0 saturated heterocycles. The number of aromatic nitrogens is 5. The van der Waals surface area contributed by atoms with Crippen molar-refractivity contribution in [1.29, 1.82) is 0 Å². The minimum Gasteiger partial charge on any atom is -0.424 e. The van der Waals surface area contributed by atoms with E-state index in [1.54, 1.807) is 32.0 Å². The van der Waals surface area contributed by atoms with E-state index >= 15 is 0 Å². The first-order valence-corrected chi connectivity index (χ1v) is 7.94. The Morgan fingerprint density at radius 1 is 1.11 bits per heavy atom. The summed E-state index contributed by atoms with van der Waals surface area (Å²) in [5, 5.41) is 4.14. The second-order valence-corrected chi connectivity index (χ2v) is 6.25. The molecule has 4 aromatic rings. The van der Waals surface area contributed by atoms with Crippen molar-refractivity contribution in [3.05, 3.63) is 23.9 Å². The van der Waals surface area contributed by atoms with Crippen molar-refractivity contribution in [2.75, 3.05) is 11.5 Å².